The Kier molecular flexibility index (Phi) is 4.03. The molecule has 0 N–H and O–H groups in total. The van der Waals surface area contributed by atoms with E-state index in [2.05, 4.69) is 6.07 Å². The molecule has 0 aromatic heterocycles. The van der Waals surface area contributed by atoms with Gasteiger partial charge in [0, 0.05) is 6.54 Å². The fourth-order valence-corrected chi connectivity index (χ4v) is 5.97. The Morgan fingerprint density at radius 2 is 1.91 bits per heavy atom. The minimum Gasteiger partial charge on any atom is -0.375 e. The summed E-state index contributed by atoms with van der Waals surface area (Å²) in [7, 11) is -3.38. The highest BCUT2D eigenvalue weighted by Crippen LogP contribution is 2.35. The number of rotatable bonds is 2. The molecule has 0 spiro atoms. The molecule has 5 heteroatoms. The maximum atomic E-state index is 13.2. The van der Waals surface area contributed by atoms with Crippen molar-refractivity contribution in [1.29, 1.82) is 0 Å². The average Bonchev–Trinajstić information content (AvgIpc) is 2.60. The van der Waals surface area contributed by atoms with Gasteiger partial charge < -0.3 is 4.74 Å². The van der Waals surface area contributed by atoms with E-state index in [9.17, 15) is 8.42 Å². The van der Waals surface area contributed by atoms with Crippen molar-refractivity contribution in [3.05, 3.63) is 40.3 Å². The second-order valence-corrected chi connectivity index (χ2v) is 8.63. The predicted molar refractivity (Wildman–Crippen MR) is 90.4 cm³/mol. The van der Waals surface area contributed by atoms with Crippen molar-refractivity contribution in [2.45, 2.75) is 50.7 Å². The summed E-state index contributed by atoms with van der Waals surface area (Å²) in [5.41, 5.74) is 2.29. The number of aryl methyl sites for hydroxylation is 1. The molecule has 0 bridgehead atoms. The Morgan fingerprint density at radius 3 is 2.83 bits per heavy atom. The van der Waals surface area contributed by atoms with Crippen molar-refractivity contribution in [2.24, 2.45) is 0 Å². The van der Waals surface area contributed by atoms with Crippen LogP contribution in [0, 0.1) is 0 Å². The van der Waals surface area contributed by atoms with E-state index in [0.717, 1.165) is 37.7 Å². The third-order valence-corrected chi connectivity index (χ3v) is 7.39. The molecular weight excluding hydrogens is 310 g/mol. The molecule has 1 heterocycles. The normalized spacial score (nSPS) is 28.6. The van der Waals surface area contributed by atoms with Gasteiger partial charge in [0.1, 0.15) is 0 Å². The SMILES string of the molecule is O=S(=O)(C1=Cc2ccccc2CC1)N1CCO[C@@H]2CCCC[C@@H]21. The minimum absolute atomic E-state index is 0.0283. The average molecular weight is 333 g/mol. The molecule has 0 radical (unpaired) electrons. The lowest BCUT2D eigenvalue weighted by Gasteiger charge is -2.43. The van der Waals surface area contributed by atoms with Crippen molar-refractivity contribution in [1.82, 2.24) is 4.31 Å². The number of morpholine rings is 1. The van der Waals surface area contributed by atoms with Crippen LogP contribution in [0.1, 0.15) is 43.2 Å². The highest BCUT2D eigenvalue weighted by atomic mass is 32.2. The maximum absolute atomic E-state index is 13.2. The van der Waals surface area contributed by atoms with Crippen molar-refractivity contribution < 1.29 is 13.2 Å². The van der Waals surface area contributed by atoms with Crippen LogP contribution in [-0.2, 0) is 21.2 Å². The molecule has 23 heavy (non-hydrogen) atoms. The van der Waals surface area contributed by atoms with Crippen LogP contribution >= 0.6 is 0 Å². The third kappa shape index (κ3) is 2.75. The fourth-order valence-electron chi connectivity index (χ4n) is 4.12. The van der Waals surface area contributed by atoms with Gasteiger partial charge >= 0.3 is 0 Å². The van der Waals surface area contributed by atoms with Gasteiger partial charge in [-0.1, -0.05) is 37.1 Å². The summed E-state index contributed by atoms with van der Waals surface area (Å²) in [6.07, 6.45) is 7.52. The molecule has 1 aromatic carbocycles. The molecule has 4 rings (SSSR count). The highest BCUT2D eigenvalue weighted by Gasteiger charge is 2.41. The van der Waals surface area contributed by atoms with Gasteiger partial charge in [-0.3, -0.25) is 0 Å². The first-order chi connectivity index (χ1) is 11.2. The first kappa shape index (κ1) is 15.4. The number of fused-ring (bicyclic) bond motifs is 2. The molecule has 2 atom stereocenters. The van der Waals surface area contributed by atoms with Crippen molar-refractivity contribution in [3.8, 4) is 0 Å². The highest BCUT2D eigenvalue weighted by molar-refractivity contribution is 7.93. The molecule has 0 amide bonds. The van der Waals surface area contributed by atoms with Gasteiger partial charge in [-0.2, -0.15) is 4.31 Å². The summed E-state index contributed by atoms with van der Waals surface area (Å²) < 4.78 is 34.0. The second-order valence-electron chi connectivity index (χ2n) is 6.69. The largest absolute Gasteiger partial charge is 0.375 e. The summed E-state index contributed by atoms with van der Waals surface area (Å²) >= 11 is 0. The second kappa shape index (κ2) is 6.04. The number of ether oxygens (including phenoxy) is 1. The summed E-state index contributed by atoms with van der Waals surface area (Å²) in [6.45, 7) is 1.01. The van der Waals surface area contributed by atoms with E-state index in [-0.39, 0.29) is 12.1 Å². The van der Waals surface area contributed by atoms with Crippen LogP contribution in [-0.4, -0.2) is 38.0 Å². The predicted octanol–water partition coefficient (Wildman–Crippen LogP) is 2.95. The molecule has 124 valence electrons. The number of benzene rings is 1. The number of hydrogen-bond donors (Lipinski definition) is 0. The van der Waals surface area contributed by atoms with Gasteiger partial charge in [0.2, 0.25) is 10.0 Å². The molecular formula is C18H23NO3S. The van der Waals surface area contributed by atoms with Gasteiger partial charge in [0.25, 0.3) is 0 Å². The molecule has 2 aliphatic carbocycles. The van der Waals surface area contributed by atoms with Crippen LogP contribution in [0.25, 0.3) is 6.08 Å². The molecule has 3 aliphatic rings. The van der Waals surface area contributed by atoms with Gasteiger partial charge in [0.15, 0.2) is 0 Å². The van der Waals surface area contributed by atoms with Crippen LogP contribution in [0.4, 0.5) is 0 Å². The number of hydrogen-bond acceptors (Lipinski definition) is 3. The topological polar surface area (TPSA) is 46.6 Å². The fraction of sp³-hybridized carbons (Fsp3) is 0.556. The van der Waals surface area contributed by atoms with Crippen LogP contribution in [0.2, 0.25) is 0 Å². The van der Waals surface area contributed by atoms with E-state index in [1.54, 1.807) is 4.31 Å². The van der Waals surface area contributed by atoms with E-state index in [1.165, 1.54) is 5.56 Å². The first-order valence-corrected chi connectivity index (χ1v) is 10.0. The van der Waals surface area contributed by atoms with Gasteiger partial charge in [0.05, 0.1) is 23.7 Å². The number of nitrogens with zero attached hydrogens (tertiary/aromatic N) is 1. The zero-order valence-electron chi connectivity index (χ0n) is 13.3. The summed E-state index contributed by atoms with van der Waals surface area (Å²) in [4.78, 5) is 0.572. The van der Waals surface area contributed by atoms with E-state index >= 15 is 0 Å². The summed E-state index contributed by atoms with van der Waals surface area (Å²) in [5.74, 6) is 0. The molecule has 4 nitrogen and oxygen atoms in total. The number of sulfonamides is 1. The minimum atomic E-state index is -3.38. The van der Waals surface area contributed by atoms with Crippen LogP contribution in [0.15, 0.2) is 29.2 Å². The summed E-state index contributed by atoms with van der Waals surface area (Å²) in [6, 6.07) is 8.10. The lowest BCUT2D eigenvalue weighted by Crippen LogP contribution is -2.54. The van der Waals surface area contributed by atoms with E-state index < -0.39 is 10.0 Å². The quantitative estimate of drug-likeness (QED) is 0.836. The molecule has 1 aliphatic heterocycles. The zero-order chi connectivity index (χ0) is 15.9. The van der Waals surface area contributed by atoms with E-state index in [1.807, 2.05) is 24.3 Å². The Labute approximate surface area is 138 Å². The molecule has 1 saturated heterocycles. The first-order valence-electron chi connectivity index (χ1n) is 8.58. The zero-order valence-corrected chi connectivity index (χ0v) is 14.1. The standard InChI is InChI=1S/C18H23NO3S/c20-23(21,16-10-9-14-5-1-2-6-15(14)13-16)19-11-12-22-18-8-4-3-7-17(18)19/h1-2,5-6,13,17-18H,3-4,7-12H2/t17-,18+/m0/s1. The van der Waals surface area contributed by atoms with Gasteiger partial charge in [-0.15, -0.1) is 0 Å². The van der Waals surface area contributed by atoms with Crippen molar-refractivity contribution >= 4 is 16.1 Å². The van der Waals surface area contributed by atoms with Crippen molar-refractivity contribution in [2.75, 3.05) is 13.2 Å². The Balaban J connectivity index is 1.66. The van der Waals surface area contributed by atoms with Gasteiger partial charge in [-0.05, 0) is 42.9 Å². The van der Waals surface area contributed by atoms with Gasteiger partial charge in [-0.25, -0.2) is 8.42 Å². The molecule has 0 unspecified atom stereocenters. The monoisotopic (exact) mass is 333 g/mol. The van der Waals surface area contributed by atoms with Crippen LogP contribution in [0.5, 0.6) is 0 Å². The molecule has 1 saturated carbocycles. The molecule has 2 fully saturated rings. The smallest absolute Gasteiger partial charge is 0.239 e. The molecule has 1 aromatic rings. The number of allylic oxidation sites excluding steroid dienone is 1. The Bertz CT molecular complexity index is 724. The lowest BCUT2D eigenvalue weighted by atomic mass is 9.91. The lowest BCUT2D eigenvalue weighted by molar-refractivity contribution is -0.0583. The summed E-state index contributed by atoms with van der Waals surface area (Å²) in [5, 5.41) is 0. The van der Waals surface area contributed by atoms with Crippen LogP contribution < -0.4 is 0 Å². The van der Waals surface area contributed by atoms with E-state index in [0.29, 0.717) is 24.5 Å². The Hall–Kier alpha value is -1.17. The maximum Gasteiger partial charge on any atom is 0.239 e. The third-order valence-electron chi connectivity index (χ3n) is 5.33. The Morgan fingerprint density at radius 1 is 1.09 bits per heavy atom. The van der Waals surface area contributed by atoms with Crippen molar-refractivity contribution in [3.63, 3.8) is 0 Å². The van der Waals surface area contributed by atoms with E-state index in [4.69, 9.17) is 4.74 Å². The van der Waals surface area contributed by atoms with Crippen LogP contribution in [0.3, 0.4) is 0 Å².